The normalized spacial score (nSPS) is 26.5. The number of ketones is 6. The molecule has 43 heteroatoms. The Hall–Kier alpha value is -12.2. The molecule has 16 atom stereocenters. The number of carbonyl (C=O) groups is 22. The van der Waals surface area contributed by atoms with Crippen molar-refractivity contribution in [3.05, 3.63) is 95.6 Å². The Kier molecular flexibility index (Phi) is 44.9. The molecule has 0 unspecified atom stereocenters. The lowest BCUT2D eigenvalue weighted by molar-refractivity contribution is -0.158. The first-order valence-corrected chi connectivity index (χ1v) is 53.3. The number of amides is 14. The molecule has 6 heterocycles. The van der Waals surface area contributed by atoms with Crippen molar-refractivity contribution in [3.8, 4) is 11.5 Å². The van der Waals surface area contributed by atoms with Crippen molar-refractivity contribution in [1.29, 1.82) is 0 Å². The third kappa shape index (κ3) is 35.9. The van der Waals surface area contributed by atoms with Gasteiger partial charge in [-0.05, 0) is 130 Å². The lowest BCUT2D eigenvalue weighted by Crippen LogP contribution is -2.59. The molecule has 0 aliphatic carbocycles. The number of aromatic hydroxyl groups is 2. The van der Waals surface area contributed by atoms with E-state index in [1.54, 1.807) is 30.3 Å². The van der Waals surface area contributed by atoms with Crippen LogP contribution in [0.5, 0.6) is 11.5 Å². The van der Waals surface area contributed by atoms with Gasteiger partial charge in [0.15, 0.2) is 34.7 Å². The molecule has 13 N–H and O–H groups in total. The minimum absolute atomic E-state index is 0.0167. The number of primary amides is 1. The van der Waals surface area contributed by atoms with E-state index >= 15 is 33.6 Å². The molecule has 0 spiro atoms. The average Bonchev–Trinajstić information content (AvgIpc) is 1.81. The number of hydrogen-bond acceptors (Lipinski definition) is 27. The molecule has 0 saturated carbocycles. The average molecular weight is 2070 g/mol. The predicted molar refractivity (Wildman–Crippen MR) is 536 cm³/mol. The number of nitrogens with two attached hydrogens (primary N) is 1. The number of carbonyl (C=O) groups excluding carboxylic acids is 20. The van der Waals surface area contributed by atoms with Crippen LogP contribution in [0.2, 0.25) is 0 Å². The van der Waals surface area contributed by atoms with Gasteiger partial charge in [0.05, 0.1) is 68.6 Å². The number of nitrogens with zero attached hydrogens (tertiary/aromatic N) is 6. The first-order chi connectivity index (χ1) is 68.7. The maximum Gasteiger partial charge on any atom is 0.305 e. The number of aliphatic carboxylic acids is 2. The lowest BCUT2D eigenvalue weighted by Gasteiger charge is -2.42. The number of benzene rings is 3. The van der Waals surface area contributed by atoms with Crippen LogP contribution < -0.4 is 43.0 Å². The lowest BCUT2D eigenvalue weighted by atomic mass is 9.81. The quantitative estimate of drug-likeness (QED) is 0.0752. The zero-order valence-corrected chi connectivity index (χ0v) is 86.1. The summed E-state index contributed by atoms with van der Waals surface area (Å²) in [6.07, 6.45) is -5.19. The van der Waals surface area contributed by atoms with Crippen molar-refractivity contribution < 1.29 is 126 Å². The topological polar surface area (TPSA) is 586 Å². The Morgan fingerprint density at radius 3 is 1.41 bits per heavy atom. The number of thioether (sulfide) groups is 3. The summed E-state index contributed by atoms with van der Waals surface area (Å²) >= 11 is 3.14. The standard InChI is InChI=1S/C102H140N14O26S3/c1-9-10-19-66-47-83(122)73(45-64-23-28-70(118)29-24-64)107-98(139)80-22-16-38-116(80)101(142)75(51-91(131)132)109-93(134)60(3)43-81(120)72(44-63-17-12-11-13-18-63)106-96(137)69-50-84(123)74(46-65-25-30-71(119)31-26-65)108-97(138)79-21-15-37-115(79)99(140)61(4)104-94(135)67(27-32-90(129)130)48-86(125)78-20-14-36-114(78)100(141)68(52-102(6,7)8)49-85(124)76(105-62(5)117)54-144-40-34-88(127)112-56-111(87(126)33-39-143-53-69)57-113(58-112)89(128)35-41-145-55-77(110-95(66)136)82(121)42-59(2)92(103)133/h11-13,17-18,23-26,28-31,59-61,66-69,72-80,118-119H,9-10,14-16,19-22,27,32-58H2,1-8H3,(H2,103,133)(H,104,135)(H,105,117)(H,106,137)(H,107,139)(H,108,138)(H,109,134)(H,110,136)(H,129,130)(H,131,132)/t59-,60-,61-,66-,67-,68+,69+,72+,73+,74+,75+,76+,77+,78+,79+,80+/m1/s1. The Labute approximate surface area is 856 Å². The van der Waals surface area contributed by atoms with Crippen molar-refractivity contribution in [2.24, 2.45) is 46.7 Å². The molecule has 0 aromatic heterocycles. The maximum absolute atomic E-state index is 15.7. The fourth-order valence-corrected chi connectivity index (χ4v) is 21.9. The number of fused-ring (bicyclic) bond motifs is 10. The number of hydrogen-bond donors (Lipinski definition) is 12. The first kappa shape index (κ1) is 116. The summed E-state index contributed by atoms with van der Waals surface area (Å²) in [5, 5.41) is 60.1. The summed E-state index contributed by atoms with van der Waals surface area (Å²) in [6.45, 7) is 11.4. The van der Waals surface area contributed by atoms with E-state index < -0.39 is 295 Å². The van der Waals surface area contributed by atoms with Crippen LogP contribution in [0.4, 0.5) is 0 Å². The number of Topliss-reactive ketones (excluding diaryl/α,β-unsaturated/α-hetero) is 6. The van der Waals surface area contributed by atoms with E-state index in [1.807, 2.05) is 27.7 Å². The molecule has 6 aliphatic heterocycles. The summed E-state index contributed by atoms with van der Waals surface area (Å²) < 4.78 is 0. The highest BCUT2D eigenvalue weighted by molar-refractivity contribution is 7.99. The van der Waals surface area contributed by atoms with E-state index in [0.717, 1.165) is 40.2 Å². The van der Waals surface area contributed by atoms with Gasteiger partial charge in [0.25, 0.3) is 0 Å². The molecule has 145 heavy (non-hydrogen) atoms. The molecule has 4 bridgehead atoms. The minimum Gasteiger partial charge on any atom is -0.508 e. The zero-order valence-electron chi connectivity index (χ0n) is 83.7. The Morgan fingerprint density at radius 2 is 0.917 bits per heavy atom. The third-order valence-electron chi connectivity index (χ3n) is 27.0. The zero-order chi connectivity index (χ0) is 106. The van der Waals surface area contributed by atoms with E-state index in [-0.39, 0.29) is 162 Å². The van der Waals surface area contributed by atoms with Gasteiger partial charge < -0.3 is 92.8 Å². The second-order valence-corrected chi connectivity index (χ2v) is 43.4. The molecule has 14 amide bonds. The number of rotatable bonds is 20. The Bertz CT molecular complexity index is 5180. The third-order valence-corrected chi connectivity index (χ3v) is 30.2. The molecule has 792 valence electrons. The van der Waals surface area contributed by atoms with E-state index in [1.165, 1.54) is 101 Å². The minimum atomic E-state index is -1.88. The van der Waals surface area contributed by atoms with Crippen LogP contribution in [0.3, 0.4) is 0 Å². The van der Waals surface area contributed by atoms with Gasteiger partial charge in [0.2, 0.25) is 82.7 Å². The van der Waals surface area contributed by atoms with Gasteiger partial charge in [-0.25, -0.2) is 0 Å². The summed E-state index contributed by atoms with van der Waals surface area (Å²) in [5.41, 5.74) is 6.35. The maximum atomic E-state index is 15.7. The van der Waals surface area contributed by atoms with Crippen LogP contribution in [0.15, 0.2) is 78.9 Å². The molecular formula is C102H140N14O26S3. The van der Waals surface area contributed by atoms with Crippen LogP contribution in [0, 0.1) is 40.9 Å². The highest BCUT2D eigenvalue weighted by Crippen LogP contribution is 2.35. The van der Waals surface area contributed by atoms with E-state index in [9.17, 15) is 92.3 Å². The number of phenolic OH excluding ortho intramolecular Hbond substituents is 2. The first-order valence-electron chi connectivity index (χ1n) is 49.8. The molecule has 6 aliphatic rings. The smallest absolute Gasteiger partial charge is 0.305 e. The second-order valence-electron chi connectivity index (χ2n) is 39.9. The highest BCUT2D eigenvalue weighted by Gasteiger charge is 2.47. The van der Waals surface area contributed by atoms with Gasteiger partial charge in [0.1, 0.15) is 35.7 Å². The molecule has 9 rings (SSSR count). The Balaban J connectivity index is 1.12. The number of carboxylic acid groups (broad SMARTS) is 2. The van der Waals surface area contributed by atoms with Gasteiger partial charge in [-0.3, -0.25) is 105 Å². The van der Waals surface area contributed by atoms with Crippen LogP contribution in [0.1, 0.15) is 213 Å². The van der Waals surface area contributed by atoms with Crippen LogP contribution >= 0.6 is 35.3 Å². The SMILES string of the molecule is CCCC[C@@H]1CC(=O)[C@H](Cc2ccc(O)cc2)NC(=O)[C@@H]2CCCN2C(=O)[C@H](CC(=O)O)NC(=O)[C@H](C)CC(=O)[C@H](Cc2ccccc2)NC(=O)[C@@H]2CSCCC(=O)N3CN(CN(C3)C(=O)CCSC[C@@H](C(=O)C[C@@H](C)C(N)=O)NC1=O)C(=O)CCSC[C@H](NC(C)=O)C(=O)C[C@@H](CC(C)(C)C)C(=O)N1CCC[C@H]1C(=O)C[C@@H](CCC(=O)O)C(=O)N[C@H](C)C(=O)N1CCC[C@H]1C(=O)N[C@@H](Cc1ccc(O)cc1)C(=O)C2. The summed E-state index contributed by atoms with van der Waals surface area (Å²) in [6, 6.07) is 5.33. The fourth-order valence-electron chi connectivity index (χ4n) is 18.9. The van der Waals surface area contributed by atoms with E-state index in [2.05, 4.69) is 37.2 Å². The molecule has 0 radical (unpaired) electrons. The summed E-state index contributed by atoms with van der Waals surface area (Å²) in [7, 11) is 0. The second kappa shape index (κ2) is 56.0. The molecule has 6 saturated heterocycles. The largest absolute Gasteiger partial charge is 0.508 e. The van der Waals surface area contributed by atoms with Crippen LogP contribution in [-0.4, -0.2) is 314 Å². The molecule has 3 aromatic rings. The van der Waals surface area contributed by atoms with Gasteiger partial charge in [-0.2, -0.15) is 35.3 Å². The molecular weight excluding hydrogens is 1930 g/mol. The van der Waals surface area contributed by atoms with Crippen LogP contribution in [-0.2, 0) is 125 Å². The van der Waals surface area contributed by atoms with Gasteiger partial charge in [-0.15, -0.1) is 0 Å². The number of carboxylic acids is 2. The monoisotopic (exact) mass is 2070 g/mol. The molecule has 40 nitrogen and oxygen atoms in total. The van der Waals surface area contributed by atoms with Crippen molar-refractivity contribution in [2.45, 2.75) is 276 Å². The van der Waals surface area contributed by atoms with E-state index in [4.69, 9.17) is 5.73 Å². The number of unbranched alkanes of at least 4 members (excludes halogenated alkanes) is 1. The summed E-state index contributed by atoms with van der Waals surface area (Å²) in [5.74, 6) is -26.6. The number of phenols is 2. The van der Waals surface area contributed by atoms with Crippen molar-refractivity contribution in [2.75, 3.05) is 74.2 Å². The predicted octanol–water partition coefficient (Wildman–Crippen LogP) is 4.24. The fraction of sp³-hybridized carbons (Fsp3) is 0.608. The van der Waals surface area contributed by atoms with Crippen molar-refractivity contribution in [3.63, 3.8) is 0 Å². The van der Waals surface area contributed by atoms with Gasteiger partial charge in [-0.1, -0.05) is 109 Å². The van der Waals surface area contributed by atoms with Crippen molar-refractivity contribution in [1.82, 2.24) is 66.6 Å². The Morgan fingerprint density at radius 1 is 0.476 bits per heavy atom. The van der Waals surface area contributed by atoms with Crippen molar-refractivity contribution >= 4 is 165 Å². The number of nitrogens with one attached hydrogen (secondary N) is 7. The molecule has 3 aromatic carbocycles. The van der Waals surface area contributed by atoms with Crippen LogP contribution in [0.25, 0.3) is 0 Å². The van der Waals surface area contributed by atoms with Gasteiger partial charge >= 0.3 is 11.9 Å². The highest BCUT2D eigenvalue weighted by atomic mass is 32.2. The van der Waals surface area contributed by atoms with E-state index in [0.29, 0.717) is 36.0 Å². The molecule has 6 fully saturated rings. The van der Waals surface area contributed by atoms with Gasteiger partial charge in [0, 0.05) is 155 Å². The summed E-state index contributed by atoms with van der Waals surface area (Å²) in [4.78, 5) is 328.